The lowest BCUT2D eigenvalue weighted by Gasteiger charge is -2.15. The minimum Gasteiger partial charge on any atom is -0.391 e. The molecule has 1 aliphatic rings. The molecule has 2 aromatic rings. The highest BCUT2D eigenvalue weighted by molar-refractivity contribution is 5.80. The second-order valence-electron chi connectivity index (χ2n) is 5.10. The van der Waals surface area contributed by atoms with Gasteiger partial charge in [-0.05, 0) is 23.9 Å². The predicted octanol–water partition coefficient (Wildman–Crippen LogP) is 1.62. The molecule has 0 aliphatic carbocycles. The van der Waals surface area contributed by atoms with Crippen LogP contribution in [0.15, 0.2) is 36.5 Å². The van der Waals surface area contributed by atoms with Crippen LogP contribution in [0.2, 0.25) is 0 Å². The van der Waals surface area contributed by atoms with Crippen LogP contribution >= 0.6 is 0 Å². The molecular formula is C15H18N2O2. The summed E-state index contributed by atoms with van der Waals surface area (Å²) in [6.07, 6.45) is 2.89. The number of para-hydroxylation sites is 1. The molecule has 4 heteroatoms. The molecule has 1 amide bonds. The van der Waals surface area contributed by atoms with Gasteiger partial charge >= 0.3 is 0 Å². The minimum absolute atomic E-state index is 0.134. The number of carbonyl (C=O) groups excluding carboxylic acids is 1. The molecule has 19 heavy (non-hydrogen) atoms. The average Bonchev–Trinajstić information content (AvgIpc) is 3.02. The van der Waals surface area contributed by atoms with E-state index in [0.29, 0.717) is 32.5 Å². The summed E-state index contributed by atoms with van der Waals surface area (Å²) in [7, 11) is 0. The quantitative estimate of drug-likeness (QED) is 0.909. The Hall–Kier alpha value is -1.81. The highest BCUT2D eigenvalue weighted by Crippen LogP contribution is 2.16. The van der Waals surface area contributed by atoms with Crippen molar-refractivity contribution >= 4 is 16.8 Å². The lowest BCUT2D eigenvalue weighted by Crippen LogP contribution is -2.30. The zero-order valence-corrected chi connectivity index (χ0v) is 10.8. The highest BCUT2D eigenvalue weighted by atomic mass is 16.3. The van der Waals surface area contributed by atoms with E-state index in [1.807, 2.05) is 18.3 Å². The van der Waals surface area contributed by atoms with Gasteiger partial charge < -0.3 is 14.6 Å². The second-order valence-corrected chi connectivity index (χ2v) is 5.10. The number of aliphatic hydroxyl groups is 1. The van der Waals surface area contributed by atoms with Crippen LogP contribution in [0, 0.1) is 0 Å². The van der Waals surface area contributed by atoms with Gasteiger partial charge in [0, 0.05) is 37.8 Å². The number of carbonyl (C=O) groups is 1. The van der Waals surface area contributed by atoms with E-state index < -0.39 is 0 Å². The summed E-state index contributed by atoms with van der Waals surface area (Å²) in [5, 5.41) is 10.6. The average molecular weight is 258 g/mol. The number of aryl methyl sites for hydroxylation is 1. The smallest absolute Gasteiger partial charge is 0.224 e. The number of β-amino-alcohol motifs (C(OH)–C–C–N with tert-alkyl or cyclic N) is 1. The van der Waals surface area contributed by atoms with Crippen LogP contribution in [0.5, 0.6) is 0 Å². The Balaban J connectivity index is 1.64. The molecule has 0 unspecified atom stereocenters. The van der Waals surface area contributed by atoms with E-state index in [1.54, 1.807) is 4.90 Å². The van der Waals surface area contributed by atoms with Crippen molar-refractivity contribution in [3.05, 3.63) is 36.5 Å². The number of aliphatic hydroxyl groups excluding tert-OH is 1. The summed E-state index contributed by atoms with van der Waals surface area (Å²) in [4.78, 5) is 13.8. The van der Waals surface area contributed by atoms with Crippen LogP contribution in [0.1, 0.15) is 12.8 Å². The van der Waals surface area contributed by atoms with E-state index >= 15 is 0 Å². The Bertz CT molecular complexity index is 591. The number of aromatic nitrogens is 1. The maximum absolute atomic E-state index is 12.0. The molecule has 1 aliphatic heterocycles. The van der Waals surface area contributed by atoms with E-state index in [9.17, 15) is 9.90 Å². The molecule has 2 heterocycles. The molecule has 4 nitrogen and oxygen atoms in total. The molecule has 0 bridgehead atoms. The second kappa shape index (κ2) is 5.05. The van der Waals surface area contributed by atoms with E-state index in [-0.39, 0.29) is 12.0 Å². The molecule has 100 valence electrons. The van der Waals surface area contributed by atoms with Gasteiger partial charge in [-0.3, -0.25) is 4.79 Å². The SMILES string of the molecule is O=C(CCn1ccc2ccccc21)N1CC[C@@H](O)C1. The number of rotatable bonds is 3. The lowest BCUT2D eigenvalue weighted by molar-refractivity contribution is -0.130. The molecule has 1 saturated heterocycles. The highest BCUT2D eigenvalue weighted by Gasteiger charge is 2.23. The van der Waals surface area contributed by atoms with E-state index in [0.717, 1.165) is 5.52 Å². The fourth-order valence-electron chi connectivity index (χ4n) is 2.68. The van der Waals surface area contributed by atoms with Crippen LogP contribution in [0.3, 0.4) is 0 Å². The summed E-state index contributed by atoms with van der Waals surface area (Å²) < 4.78 is 2.11. The van der Waals surface area contributed by atoms with Gasteiger partial charge in [-0.25, -0.2) is 0 Å². The molecule has 0 saturated carbocycles. The van der Waals surface area contributed by atoms with Crippen LogP contribution in [0.4, 0.5) is 0 Å². The van der Waals surface area contributed by atoms with Gasteiger partial charge in [-0.1, -0.05) is 18.2 Å². The summed E-state index contributed by atoms with van der Waals surface area (Å²) in [6.45, 7) is 1.87. The fourth-order valence-corrected chi connectivity index (χ4v) is 2.68. The van der Waals surface area contributed by atoms with E-state index in [2.05, 4.69) is 22.8 Å². The van der Waals surface area contributed by atoms with Crippen molar-refractivity contribution in [2.24, 2.45) is 0 Å². The summed E-state index contributed by atoms with van der Waals surface area (Å²) in [5.41, 5.74) is 1.16. The Morgan fingerprint density at radius 1 is 1.32 bits per heavy atom. The lowest BCUT2D eigenvalue weighted by atomic mass is 10.2. The first-order chi connectivity index (χ1) is 9.24. The zero-order chi connectivity index (χ0) is 13.2. The molecule has 1 aromatic heterocycles. The van der Waals surface area contributed by atoms with Gasteiger partial charge in [-0.2, -0.15) is 0 Å². The first-order valence-electron chi connectivity index (χ1n) is 6.74. The van der Waals surface area contributed by atoms with Crippen LogP contribution in [-0.4, -0.2) is 39.7 Å². The van der Waals surface area contributed by atoms with Gasteiger partial charge in [0.05, 0.1) is 6.10 Å². The number of benzene rings is 1. The van der Waals surface area contributed by atoms with Gasteiger partial charge in [0.1, 0.15) is 0 Å². The maximum Gasteiger partial charge on any atom is 0.224 e. The minimum atomic E-state index is -0.337. The third kappa shape index (κ3) is 2.49. The molecule has 1 fully saturated rings. The van der Waals surface area contributed by atoms with Gasteiger partial charge in [0.15, 0.2) is 0 Å². The van der Waals surface area contributed by atoms with Crippen molar-refractivity contribution in [1.29, 1.82) is 0 Å². The molecule has 1 atom stereocenters. The number of fused-ring (bicyclic) bond motifs is 1. The van der Waals surface area contributed by atoms with Crippen molar-refractivity contribution in [1.82, 2.24) is 9.47 Å². The monoisotopic (exact) mass is 258 g/mol. The Kier molecular flexibility index (Phi) is 3.25. The zero-order valence-electron chi connectivity index (χ0n) is 10.8. The van der Waals surface area contributed by atoms with Crippen molar-refractivity contribution in [3.63, 3.8) is 0 Å². The van der Waals surface area contributed by atoms with Crippen LogP contribution in [0.25, 0.3) is 10.9 Å². The van der Waals surface area contributed by atoms with Crippen LogP contribution in [-0.2, 0) is 11.3 Å². The van der Waals surface area contributed by atoms with Gasteiger partial charge in [-0.15, -0.1) is 0 Å². The number of nitrogens with zero attached hydrogens (tertiary/aromatic N) is 2. The number of hydrogen-bond acceptors (Lipinski definition) is 2. The molecule has 0 radical (unpaired) electrons. The first kappa shape index (κ1) is 12.2. The summed E-state index contributed by atoms with van der Waals surface area (Å²) in [5.74, 6) is 0.134. The van der Waals surface area contributed by atoms with E-state index in [4.69, 9.17) is 0 Å². The predicted molar refractivity (Wildman–Crippen MR) is 73.8 cm³/mol. The van der Waals surface area contributed by atoms with E-state index in [1.165, 1.54) is 5.39 Å². The Morgan fingerprint density at radius 3 is 2.95 bits per heavy atom. The van der Waals surface area contributed by atoms with Gasteiger partial charge in [0.2, 0.25) is 5.91 Å². The molecule has 3 rings (SSSR count). The maximum atomic E-state index is 12.0. The van der Waals surface area contributed by atoms with Crippen molar-refractivity contribution in [3.8, 4) is 0 Å². The van der Waals surface area contributed by atoms with Crippen molar-refractivity contribution in [2.45, 2.75) is 25.5 Å². The summed E-state index contributed by atoms with van der Waals surface area (Å²) in [6, 6.07) is 10.2. The number of likely N-dealkylation sites (tertiary alicyclic amines) is 1. The normalized spacial score (nSPS) is 19.2. The molecule has 1 aromatic carbocycles. The molecule has 0 spiro atoms. The Morgan fingerprint density at radius 2 is 2.16 bits per heavy atom. The van der Waals surface area contributed by atoms with Crippen LogP contribution < -0.4 is 0 Å². The molecular weight excluding hydrogens is 240 g/mol. The van der Waals surface area contributed by atoms with Crippen molar-refractivity contribution < 1.29 is 9.90 Å². The summed E-state index contributed by atoms with van der Waals surface area (Å²) >= 11 is 0. The topological polar surface area (TPSA) is 45.5 Å². The standard InChI is InChI=1S/C15H18N2O2/c18-13-6-9-17(11-13)15(19)7-10-16-8-5-12-3-1-2-4-14(12)16/h1-5,8,13,18H,6-7,9-11H2/t13-/m1/s1. The van der Waals surface area contributed by atoms with Crippen molar-refractivity contribution in [2.75, 3.05) is 13.1 Å². The third-order valence-corrected chi connectivity index (χ3v) is 3.76. The number of amides is 1. The first-order valence-corrected chi connectivity index (χ1v) is 6.74. The Labute approximate surface area is 112 Å². The number of hydrogen-bond donors (Lipinski definition) is 1. The fraction of sp³-hybridized carbons (Fsp3) is 0.400. The van der Waals surface area contributed by atoms with Gasteiger partial charge in [0.25, 0.3) is 0 Å². The largest absolute Gasteiger partial charge is 0.391 e. The third-order valence-electron chi connectivity index (χ3n) is 3.76. The molecule has 1 N–H and O–H groups in total.